The van der Waals surface area contributed by atoms with E-state index < -0.39 is 0 Å². The standard InChI is InChI=1S/C16H17N5/c1-3-14(21-7-5-17-6-8-21)4-2-12(1)13-9-15-16(18-10-13)20-11-19-15/h1-4,9-11,17H,5-8H2,(H,18,19,20). The number of H-pyrrole nitrogens is 1. The van der Waals surface area contributed by atoms with Crippen LogP contribution in [0.5, 0.6) is 0 Å². The van der Waals surface area contributed by atoms with Crippen LogP contribution in [-0.4, -0.2) is 41.1 Å². The third kappa shape index (κ3) is 2.36. The van der Waals surface area contributed by atoms with Crippen LogP contribution in [-0.2, 0) is 0 Å². The summed E-state index contributed by atoms with van der Waals surface area (Å²) >= 11 is 0. The van der Waals surface area contributed by atoms with Gasteiger partial charge in [0.2, 0.25) is 0 Å². The van der Waals surface area contributed by atoms with Gasteiger partial charge in [-0.25, -0.2) is 9.97 Å². The van der Waals surface area contributed by atoms with Gasteiger partial charge in [0.05, 0.1) is 6.33 Å². The molecule has 2 N–H and O–H groups in total. The second kappa shape index (κ2) is 5.18. The second-order valence-corrected chi connectivity index (χ2v) is 5.28. The van der Waals surface area contributed by atoms with Gasteiger partial charge in [-0.3, -0.25) is 0 Å². The van der Waals surface area contributed by atoms with Gasteiger partial charge in [0.1, 0.15) is 5.52 Å². The maximum Gasteiger partial charge on any atom is 0.157 e. The molecule has 0 unspecified atom stereocenters. The van der Waals surface area contributed by atoms with Gasteiger partial charge in [0.25, 0.3) is 0 Å². The van der Waals surface area contributed by atoms with Gasteiger partial charge in [-0.15, -0.1) is 0 Å². The number of imidazole rings is 1. The number of hydrogen-bond donors (Lipinski definition) is 2. The monoisotopic (exact) mass is 279 g/mol. The minimum atomic E-state index is 0.830. The van der Waals surface area contributed by atoms with E-state index in [0.29, 0.717) is 0 Å². The molecule has 5 heteroatoms. The van der Waals surface area contributed by atoms with Crippen molar-refractivity contribution in [1.29, 1.82) is 0 Å². The van der Waals surface area contributed by atoms with Gasteiger partial charge in [-0.1, -0.05) is 12.1 Å². The van der Waals surface area contributed by atoms with Gasteiger partial charge in [0, 0.05) is 43.6 Å². The molecule has 4 rings (SSSR count). The quantitative estimate of drug-likeness (QED) is 0.753. The fraction of sp³-hybridized carbons (Fsp3) is 0.250. The van der Waals surface area contributed by atoms with E-state index >= 15 is 0 Å². The van der Waals surface area contributed by atoms with Crippen molar-refractivity contribution in [3.05, 3.63) is 42.9 Å². The Bertz CT molecular complexity index is 741. The number of aromatic nitrogens is 3. The lowest BCUT2D eigenvalue weighted by molar-refractivity contribution is 0.589. The molecule has 5 nitrogen and oxygen atoms in total. The first kappa shape index (κ1) is 12.3. The van der Waals surface area contributed by atoms with Crippen molar-refractivity contribution >= 4 is 16.9 Å². The lowest BCUT2D eigenvalue weighted by atomic mass is 10.1. The molecule has 3 aromatic rings. The molecule has 1 aliphatic rings. The molecule has 1 aliphatic heterocycles. The van der Waals surface area contributed by atoms with Crippen LogP contribution >= 0.6 is 0 Å². The Balaban J connectivity index is 1.62. The third-order valence-electron chi connectivity index (χ3n) is 3.96. The smallest absolute Gasteiger partial charge is 0.157 e. The summed E-state index contributed by atoms with van der Waals surface area (Å²) in [4.78, 5) is 14.1. The van der Waals surface area contributed by atoms with Gasteiger partial charge in [-0.2, -0.15) is 0 Å². The molecule has 0 radical (unpaired) electrons. The maximum atomic E-state index is 4.39. The van der Waals surface area contributed by atoms with Crippen LogP contribution in [0.4, 0.5) is 5.69 Å². The number of nitrogens with one attached hydrogen (secondary N) is 2. The molecule has 0 atom stereocenters. The molecular formula is C16H17N5. The molecule has 106 valence electrons. The van der Waals surface area contributed by atoms with E-state index in [4.69, 9.17) is 0 Å². The van der Waals surface area contributed by atoms with E-state index in [2.05, 4.69) is 55.5 Å². The molecule has 0 saturated carbocycles. The van der Waals surface area contributed by atoms with Crippen LogP contribution in [0.1, 0.15) is 0 Å². The summed E-state index contributed by atoms with van der Waals surface area (Å²) in [6.07, 6.45) is 3.56. The number of anilines is 1. The minimum Gasteiger partial charge on any atom is -0.369 e. The van der Waals surface area contributed by atoms with Crippen molar-refractivity contribution in [2.75, 3.05) is 31.1 Å². The Labute approximate surface area is 123 Å². The zero-order valence-electron chi connectivity index (χ0n) is 11.7. The summed E-state index contributed by atoms with van der Waals surface area (Å²) < 4.78 is 0. The number of benzene rings is 1. The van der Waals surface area contributed by atoms with Gasteiger partial charge in [0.15, 0.2) is 5.65 Å². The zero-order valence-corrected chi connectivity index (χ0v) is 11.7. The molecule has 0 spiro atoms. The van der Waals surface area contributed by atoms with Crippen LogP contribution < -0.4 is 10.2 Å². The van der Waals surface area contributed by atoms with Crippen molar-refractivity contribution in [1.82, 2.24) is 20.3 Å². The predicted octanol–water partition coefficient (Wildman–Crippen LogP) is 2.03. The topological polar surface area (TPSA) is 56.8 Å². The van der Waals surface area contributed by atoms with Crippen LogP contribution in [0.15, 0.2) is 42.9 Å². The summed E-state index contributed by atoms with van der Waals surface area (Å²) in [5.74, 6) is 0. The largest absolute Gasteiger partial charge is 0.369 e. The number of rotatable bonds is 2. The lowest BCUT2D eigenvalue weighted by Gasteiger charge is -2.29. The fourth-order valence-electron chi connectivity index (χ4n) is 2.77. The van der Waals surface area contributed by atoms with Crippen molar-refractivity contribution in [2.45, 2.75) is 0 Å². The maximum absolute atomic E-state index is 4.39. The Kier molecular flexibility index (Phi) is 3.05. The van der Waals surface area contributed by atoms with Crippen molar-refractivity contribution < 1.29 is 0 Å². The molecule has 21 heavy (non-hydrogen) atoms. The predicted molar refractivity (Wildman–Crippen MR) is 84.4 cm³/mol. The summed E-state index contributed by atoms with van der Waals surface area (Å²) in [5, 5.41) is 3.38. The molecule has 1 aromatic carbocycles. The highest BCUT2D eigenvalue weighted by Gasteiger charge is 2.10. The SMILES string of the molecule is c1nc2cc(-c3ccc(N4CCNCC4)cc3)cnc2[nH]1. The Morgan fingerprint density at radius 1 is 0.952 bits per heavy atom. The van der Waals surface area contributed by atoms with E-state index in [1.54, 1.807) is 6.33 Å². The summed E-state index contributed by atoms with van der Waals surface area (Å²) in [5.41, 5.74) is 5.29. The van der Waals surface area contributed by atoms with Crippen molar-refractivity contribution in [2.24, 2.45) is 0 Å². The summed E-state index contributed by atoms with van der Waals surface area (Å²) in [6, 6.07) is 10.8. The highest BCUT2D eigenvalue weighted by atomic mass is 15.2. The molecule has 3 heterocycles. The van der Waals surface area contributed by atoms with Crippen LogP contribution in [0.3, 0.4) is 0 Å². The Hall–Kier alpha value is -2.40. The lowest BCUT2D eigenvalue weighted by Crippen LogP contribution is -2.43. The minimum absolute atomic E-state index is 0.830. The molecule has 0 aliphatic carbocycles. The Morgan fingerprint density at radius 2 is 1.76 bits per heavy atom. The average Bonchev–Trinajstić information content (AvgIpc) is 3.03. The first-order valence-electron chi connectivity index (χ1n) is 7.25. The number of pyridine rings is 1. The molecule has 0 amide bonds. The first-order chi connectivity index (χ1) is 10.4. The Morgan fingerprint density at radius 3 is 2.57 bits per heavy atom. The van der Waals surface area contributed by atoms with Crippen LogP contribution in [0.25, 0.3) is 22.3 Å². The van der Waals surface area contributed by atoms with Crippen LogP contribution in [0.2, 0.25) is 0 Å². The number of hydrogen-bond acceptors (Lipinski definition) is 4. The van der Waals surface area contributed by atoms with E-state index in [1.807, 2.05) is 6.20 Å². The summed E-state index contributed by atoms with van der Waals surface area (Å²) in [7, 11) is 0. The number of nitrogens with zero attached hydrogens (tertiary/aromatic N) is 3. The number of piperazine rings is 1. The normalized spacial score (nSPS) is 15.5. The first-order valence-corrected chi connectivity index (χ1v) is 7.25. The third-order valence-corrected chi connectivity index (χ3v) is 3.96. The van der Waals surface area contributed by atoms with Gasteiger partial charge < -0.3 is 15.2 Å². The van der Waals surface area contributed by atoms with Gasteiger partial charge in [-0.05, 0) is 23.8 Å². The van der Waals surface area contributed by atoms with Crippen molar-refractivity contribution in [3.8, 4) is 11.1 Å². The molecule has 1 saturated heterocycles. The average molecular weight is 279 g/mol. The van der Waals surface area contributed by atoms with E-state index in [-0.39, 0.29) is 0 Å². The molecule has 0 bridgehead atoms. The molecule has 2 aromatic heterocycles. The zero-order chi connectivity index (χ0) is 14.1. The molecule has 1 fully saturated rings. The van der Waals surface area contributed by atoms with E-state index in [1.165, 1.54) is 11.3 Å². The van der Waals surface area contributed by atoms with Crippen molar-refractivity contribution in [3.63, 3.8) is 0 Å². The van der Waals surface area contributed by atoms with Gasteiger partial charge >= 0.3 is 0 Å². The second-order valence-electron chi connectivity index (χ2n) is 5.28. The molecular weight excluding hydrogens is 262 g/mol. The number of aromatic amines is 1. The summed E-state index contributed by atoms with van der Waals surface area (Å²) in [6.45, 7) is 4.25. The highest BCUT2D eigenvalue weighted by molar-refractivity contribution is 5.78. The van der Waals surface area contributed by atoms with Crippen LogP contribution in [0, 0.1) is 0 Å². The number of fused-ring (bicyclic) bond motifs is 1. The fourth-order valence-corrected chi connectivity index (χ4v) is 2.77. The highest BCUT2D eigenvalue weighted by Crippen LogP contribution is 2.24. The van der Waals surface area contributed by atoms with E-state index in [0.717, 1.165) is 42.9 Å². The van der Waals surface area contributed by atoms with E-state index in [9.17, 15) is 0 Å².